The number of aromatic carboxylic acids is 1. The number of carboxylic acid groups (broad SMARTS) is 1. The Morgan fingerprint density at radius 3 is 2.04 bits per heavy atom. The molecule has 3 N–H and O–H groups in total. The Labute approximate surface area is 306 Å². The molecular weight excluding hydrogens is 643 g/mol. The number of allylic oxidation sites excluding steroid dienone is 2. The topological polar surface area (TPSA) is 104 Å². The smallest absolute Gasteiger partial charge is 0.335 e. The summed E-state index contributed by atoms with van der Waals surface area (Å²) in [7, 11) is 0. The number of terminal acetylenes is 3. The lowest BCUT2D eigenvalue weighted by atomic mass is 9.36. The van der Waals surface area contributed by atoms with E-state index in [2.05, 4.69) is 84.6 Å². The van der Waals surface area contributed by atoms with Crippen molar-refractivity contribution in [2.24, 2.45) is 51.2 Å². The molecule has 5 aliphatic rings. The van der Waals surface area contributed by atoms with Gasteiger partial charge in [-0.25, -0.2) is 9.00 Å². The first-order chi connectivity index (χ1) is 23.3. The zero-order valence-corrected chi connectivity index (χ0v) is 31.1. The number of nitrogens with one attached hydrogen (secondary N) is 1. The lowest BCUT2D eigenvalue weighted by Gasteiger charge is -2.68. The molecule has 5 unspecified atom stereocenters. The number of hydrogen-bond donors (Lipinski definition) is 3. The quantitative estimate of drug-likeness (QED) is 0.119. The molecule has 0 heterocycles. The average Bonchev–Trinajstić information content (AvgIpc) is 3.49. The molecule has 276 valence electrons. The molecule has 6 nitrogen and oxygen atoms in total. The molecule has 0 aromatic heterocycles. The van der Waals surface area contributed by atoms with E-state index in [0.717, 1.165) is 23.7 Å². The first kappa shape index (κ1) is 44.7. The molecule has 50 heavy (non-hydrogen) atoms. The zero-order valence-electron chi connectivity index (χ0n) is 30.3. The molecule has 1 aromatic rings. The van der Waals surface area contributed by atoms with Crippen molar-refractivity contribution in [2.45, 2.75) is 106 Å². The van der Waals surface area contributed by atoms with Gasteiger partial charge in [-0.05, 0) is 132 Å². The van der Waals surface area contributed by atoms with Crippen LogP contribution in [0.5, 0.6) is 0 Å². The van der Waals surface area contributed by atoms with Crippen molar-refractivity contribution in [3.63, 3.8) is 0 Å². The van der Waals surface area contributed by atoms with Gasteiger partial charge >= 0.3 is 5.97 Å². The summed E-state index contributed by atoms with van der Waals surface area (Å²) in [5.41, 5.74) is 4.65. The van der Waals surface area contributed by atoms with Crippen molar-refractivity contribution in [3.8, 4) is 38.5 Å². The average molecular weight is 706 g/mol. The van der Waals surface area contributed by atoms with Crippen molar-refractivity contribution in [1.82, 2.24) is 5.32 Å². The molecule has 0 saturated heterocycles. The Hall–Kier alpha value is -3.31. The molecule has 4 fully saturated rings. The van der Waals surface area contributed by atoms with Gasteiger partial charge in [0.15, 0.2) is 11.1 Å². The van der Waals surface area contributed by atoms with Crippen LogP contribution in [0.4, 0.5) is 0 Å². The molecular formula is C43H63NO5S. The molecule has 0 aliphatic heterocycles. The van der Waals surface area contributed by atoms with Crippen LogP contribution in [-0.2, 0) is 15.9 Å². The van der Waals surface area contributed by atoms with Gasteiger partial charge in [-0.15, -0.1) is 38.5 Å². The van der Waals surface area contributed by atoms with E-state index in [1.807, 2.05) is 12.1 Å². The summed E-state index contributed by atoms with van der Waals surface area (Å²) >= 11 is -1.79. The van der Waals surface area contributed by atoms with Gasteiger partial charge in [0, 0.05) is 6.54 Å². The van der Waals surface area contributed by atoms with Crippen LogP contribution in [0.1, 0.15) is 122 Å². The number of amides is 1. The van der Waals surface area contributed by atoms with Crippen molar-refractivity contribution >= 4 is 29.0 Å². The summed E-state index contributed by atoms with van der Waals surface area (Å²) < 4.78 is 17.9. The van der Waals surface area contributed by atoms with Crippen molar-refractivity contribution in [1.29, 1.82) is 0 Å². The van der Waals surface area contributed by atoms with Crippen LogP contribution in [0.15, 0.2) is 30.3 Å². The fourth-order valence-electron chi connectivity index (χ4n) is 11.6. The molecule has 1 aromatic carbocycles. The highest BCUT2D eigenvalue weighted by Crippen LogP contribution is 2.73. The number of rotatable bonds is 6. The summed E-state index contributed by atoms with van der Waals surface area (Å²) in [6, 6.07) is 7.64. The molecule has 0 bridgehead atoms. The predicted octanol–water partition coefficient (Wildman–Crippen LogP) is 9.20. The van der Waals surface area contributed by atoms with Crippen LogP contribution in [0.2, 0.25) is 0 Å². The van der Waals surface area contributed by atoms with Gasteiger partial charge in [0.2, 0.25) is 6.41 Å². The Balaban J connectivity index is 0.000000724. The predicted molar refractivity (Wildman–Crippen MR) is 209 cm³/mol. The number of hydrogen-bond acceptors (Lipinski definition) is 3. The number of benzene rings is 1. The summed E-state index contributed by atoms with van der Waals surface area (Å²) in [5, 5.41) is 11.6. The Kier molecular flexibility index (Phi) is 16.8. The van der Waals surface area contributed by atoms with Gasteiger partial charge < -0.3 is 15.0 Å². The second kappa shape index (κ2) is 18.8. The third-order valence-corrected chi connectivity index (χ3v) is 14.0. The highest BCUT2D eigenvalue weighted by Gasteiger charge is 2.64. The minimum absolute atomic E-state index is 0. The molecule has 7 heteroatoms. The van der Waals surface area contributed by atoms with Crippen molar-refractivity contribution in [3.05, 3.63) is 41.5 Å². The van der Waals surface area contributed by atoms with Crippen LogP contribution < -0.4 is 5.32 Å². The van der Waals surface area contributed by atoms with Gasteiger partial charge in [0.05, 0.1) is 11.3 Å². The second-order valence-electron chi connectivity index (χ2n) is 15.7. The van der Waals surface area contributed by atoms with E-state index in [1.165, 1.54) is 75.3 Å². The van der Waals surface area contributed by atoms with E-state index in [4.69, 9.17) is 4.55 Å². The third-order valence-electron chi connectivity index (χ3n) is 13.5. The van der Waals surface area contributed by atoms with E-state index in [-0.39, 0.29) is 25.1 Å². The number of carboxylic acids is 1. The second-order valence-corrected chi connectivity index (χ2v) is 16.8. The largest absolute Gasteiger partial charge is 0.478 e. The maximum absolute atomic E-state index is 11.4. The summed E-state index contributed by atoms with van der Waals surface area (Å²) in [6.07, 6.45) is 41.3. The van der Waals surface area contributed by atoms with E-state index in [9.17, 15) is 18.9 Å². The molecule has 0 spiro atoms. The zero-order chi connectivity index (χ0) is 37.2. The molecule has 0 radical (unpaired) electrons. The fourth-order valence-corrected chi connectivity index (χ4v) is 11.9. The Morgan fingerprint density at radius 2 is 1.48 bits per heavy atom. The van der Waals surface area contributed by atoms with Gasteiger partial charge in [0.25, 0.3) is 0 Å². The minimum atomic E-state index is -1.79. The van der Waals surface area contributed by atoms with Crippen LogP contribution in [0, 0.1) is 89.8 Å². The summed E-state index contributed by atoms with van der Waals surface area (Å²) in [4.78, 5) is 20.9. The van der Waals surface area contributed by atoms with E-state index < -0.39 is 17.0 Å². The van der Waals surface area contributed by atoms with E-state index in [0.29, 0.717) is 34.1 Å². The van der Waals surface area contributed by atoms with Crippen molar-refractivity contribution in [2.75, 3.05) is 12.3 Å². The number of carbonyl (C=O) groups is 2. The maximum atomic E-state index is 11.4. The molecule has 9 atom stereocenters. The molecule has 4 saturated carbocycles. The Morgan fingerprint density at radius 1 is 0.860 bits per heavy atom. The summed E-state index contributed by atoms with van der Waals surface area (Å²) in [6.45, 7) is 13.2. The first-order valence-corrected chi connectivity index (χ1v) is 18.8. The van der Waals surface area contributed by atoms with Crippen molar-refractivity contribution < 1.29 is 23.5 Å². The van der Waals surface area contributed by atoms with Crippen LogP contribution in [0.25, 0.3) is 5.57 Å². The first-order valence-electron chi connectivity index (χ1n) is 17.6. The monoisotopic (exact) mass is 705 g/mol. The van der Waals surface area contributed by atoms with Gasteiger partial charge in [-0.3, -0.25) is 4.79 Å². The third kappa shape index (κ3) is 8.58. The Bertz CT molecular complexity index is 1380. The van der Waals surface area contributed by atoms with E-state index in [1.54, 1.807) is 12.1 Å². The minimum Gasteiger partial charge on any atom is -0.478 e. The van der Waals surface area contributed by atoms with Gasteiger partial charge in [0.1, 0.15) is 0 Å². The molecule has 6 rings (SSSR count). The van der Waals surface area contributed by atoms with Gasteiger partial charge in [-0.1, -0.05) is 66.7 Å². The number of carbonyl (C=O) groups excluding carboxylic acids is 1. The summed E-state index contributed by atoms with van der Waals surface area (Å²) in [5.74, 6) is 3.67. The van der Waals surface area contributed by atoms with Crippen LogP contribution in [0.3, 0.4) is 0 Å². The lowest BCUT2D eigenvalue weighted by Crippen LogP contribution is -2.60. The highest BCUT2D eigenvalue weighted by molar-refractivity contribution is 7.79. The lowest BCUT2D eigenvalue weighted by molar-refractivity contribution is -0.176. The maximum Gasteiger partial charge on any atom is 0.335 e. The SMILES string of the molecule is C.C#C.C#C.C#C.CC1(C)C(c2ccc(C(=O)O)cc2)=CC[C@@]2(C)C1CC[C@@]1(C)C3CC[C@@]4(C)CCCC4[C@H]3CCC12.O=CNCCS(=O)O. The molecule has 1 amide bonds. The molecule has 5 aliphatic carbocycles. The van der Waals surface area contributed by atoms with E-state index >= 15 is 0 Å². The normalized spacial score (nSPS) is 34.3. The van der Waals surface area contributed by atoms with Gasteiger partial charge in [-0.2, -0.15) is 0 Å². The number of fused-ring (bicyclic) bond motifs is 7. The van der Waals surface area contributed by atoms with Crippen LogP contribution in [-0.4, -0.2) is 38.5 Å². The van der Waals surface area contributed by atoms with Crippen LogP contribution >= 0.6 is 0 Å². The fraction of sp³-hybridized carbons (Fsp3) is 0.628. The standard InChI is InChI=1S/C33H46O2.C3H7NO3S.3C2H2.CH4/c1-30(2)24(21-8-10-22(11-9-21)29(34)35)15-19-33(5)27(30)16-20-32(4)26-14-18-31(3)17-6-7-25(31)23(26)12-13-28(32)33;5-3-4-1-2-8(6)7;3*1-2;/h8-11,15,23,25-28H,6-7,12-14,16-20H2,1-5H3,(H,34,35);3H,1-2H2,(H,4,5)(H,6,7);3*1-2H;1H4/t23-,25?,26?,27?,28?,31-,32+,33+;;;;;/m1...../s1. The highest BCUT2D eigenvalue weighted by atomic mass is 32.2.